The fraction of sp³-hybridized carbons (Fsp3) is 0.523. The number of amides is 6. The maximum atomic E-state index is 13.8. The Bertz CT molecular complexity index is 1960. The highest BCUT2D eigenvalue weighted by atomic mass is 16.4. The average molecular weight is 896 g/mol. The number of nitrogens with two attached hydrogens (primary N) is 1. The molecule has 0 spiro atoms. The minimum atomic E-state index is -1.85. The van der Waals surface area contributed by atoms with Gasteiger partial charge in [0, 0.05) is 25.2 Å². The number of carbonyl (C=O) groups excluding carboxylic acids is 6. The molecule has 0 fully saturated rings. The van der Waals surface area contributed by atoms with Crippen LogP contribution >= 0.6 is 0 Å². The smallest absolute Gasteiger partial charge is 0.326 e. The van der Waals surface area contributed by atoms with Crippen LogP contribution in [-0.2, 0) is 43.2 Å². The summed E-state index contributed by atoms with van der Waals surface area (Å²) >= 11 is 0. The molecule has 3 rings (SSSR count). The summed E-state index contributed by atoms with van der Waals surface area (Å²) < 4.78 is 0. The molecule has 2 aromatic rings. The molecular formula is C44H61N7O13. The zero-order valence-electron chi connectivity index (χ0n) is 36.4. The SMILES string of the molecule is CC(C)[C@H](NC(=O)[C@H](CCC(=O)O)NC(=O)[C@@H](NC(=O)[C@H](CCC(=O)O)NC(=O)[C@H](CCCCN)NC(=O)[C@H](C)NC(=O)CCC1c2ccccc2-c2ccccc21)[C@@H](C)O)C(=O)O. The van der Waals surface area contributed by atoms with Gasteiger partial charge in [0.25, 0.3) is 0 Å². The third kappa shape index (κ3) is 15.4. The van der Waals surface area contributed by atoms with Gasteiger partial charge in [-0.1, -0.05) is 62.4 Å². The number of benzene rings is 2. The molecule has 1 aliphatic rings. The quantitative estimate of drug-likeness (QED) is 0.0544. The van der Waals surface area contributed by atoms with E-state index < -0.39 is 127 Å². The molecule has 0 bridgehead atoms. The maximum absolute atomic E-state index is 13.8. The van der Waals surface area contributed by atoms with Crippen LogP contribution in [0.4, 0.5) is 0 Å². The Morgan fingerprint density at radius 1 is 0.562 bits per heavy atom. The van der Waals surface area contributed by atoms with Crippen molar-refractivity contribution in [3.8, 4) is 11.1 Å². The largest absolute Gasteiger partial charge is 0.481 e. The molecule has 0 saturated heterocycles. The Kier molecular flexibility index (Phi) is 20.3. The second kappa shape index (κ2) is 25.0. The van der Waals surface area contributed by atoms with E-state index in [4.69, 9.17) is 5.73 Å². The molecular weight excluding hydrogens is 835 g/mol. The van der Waals surface area contributed by atoms with Gasteiger partial charge in [-0.05, 0) is 87.1 Å². The van der Waals surface area contributed by atoms with Crippen LogP contribution in [-0.4, -0.2) is 123 Å². The number of aliphatic hydroxyl groups is 1. The predicted molar refractivity (Wildman–Crippen MR) is 231 cm³/mol. The van der Waals surface area contributed by atoms with Crippen LogP contribution in [0, 0.1) is 5.92 Å². The zero-order chi connectivity index (χ0) is 47.7. The molecule has 6 amide bonds. The summed E-state index contributed by atoms with van der Waals surface area (Å²) in [5.74, 6) is -10.1. The van der Waals surface area contributed by atoms with Gasteiger partial charge in [0.15, 0.2) is 0 Å². The lowest BCUT2D eigenvalue weighted by Gasteiger charge is -2.28. The molecule has 0 unspecified atom stereocenters. The van der Waals surface area contributed by atoms with Crippen molar-refractivity contribution in [2.45, 2.75) is 134 Å². The van der Waals surface area contributed by atoms with Crippen molar-refractivity contribution < 1.29 is 63.6 Å². The number of hydrogen-bond acceptors (Lipinski definition) is 11. The molecule has 350 valence electrons. The molecule has 0 saturated carbocycles. The number of rotatable bonds is 27. The first kappa shape index (κ1) is 51.9. The van der Waals surface area contributed by atoms with Crippen molar-refractivity contribution in [2.75, 3.05) is 6.54 Å². The summed E-state index contributed by atoms with van der Waals surface area (Å²) in [5.41, 5.74) is 10.1. The minimum Gasteiger partial charge on any atom is -0.481 e. The Balaban J connectivity index is 1.72. The Labute approximate surface area is 370 Å². The van der Waals surface area contributed by atoms with Crippen molar-refractivity contribution in [3.63, 3.8) is 0 Å². The van der Waals surface area contributed by atoms with Crippen molar-refractivity contribution in [1.82, 2.24) is 31.9 Å². The van der Waals surface area contributed by atoms with Crippen LogP contribution in [0.15, 0.2) is 48.5 Å². The first-order valence-corrected chi connectivity index (χ1v) is 21.3. The second-order valence-corrected chi connectivity index (χ2v) is 16.2. The third-order valence-electron chi connectivity index (χ3n) is 10.8. The standard InChI is InChI=1S/C44H61N7O13/c1-23(2)37(44(63)64)50-41(60)33(18-21-36(56)57)49-43(62)38(25(4)52)51-42(61)32(17-20-35(54)55)48-40(59)31(15-9-10-22-45)47-39(58)24(3)46-34(53)19-16-30-28-13-7-5-11-26(28)27-12-6-8-14-29(27)30/h5-8,11-14,23-25,30-33,37-38,52H,9-10,15-22,45H2,1-4H3,(H,46,53)(H,47,58)(H,48,59)(H,49,62)(H,50,60)(H,51,61)(H,54,55)(H,56,57)(H,63,64)/t24-,25+,31-,32-,33-,37-,38-/m0/s1. The molecule has 0 heterocycles. The Morgan fingerprint density at radius 3 is 1.48 bits per heavy atom. The molecule has 0 aromatic heterocycles. The van der Waals surface area contributed by atoms with Gasteiger partial charge in [0.05, 0.1) is 6.10 Å². The molecule has 1 aliphatic carbocycles. The lowest BCUT2D eigenvalue weighted by atomic mass is 9.92. The lowest BCUT2D eigenvalue weighted by molar-refractivity contribution is -0.144. The average Bonchev–Trinajstić information content (AvgIpc) is 3.56. The van der Waals surface area contributed by atoms with E-state index in [1.54, 1.807) is 0 Å². The Morgan fingerprint density at radius 2 is 1.02 bits per heavy atom. The first-order valence-electron chi connectivity index (χ1n) is 21.3. The number of hydrogen-bond donors (Lipinski definition) is 11. The van der Waals surface area contributed by atoms with E-state index in [1.165, 1.54) is 20.8 Å². The molecule has 0 radical (unpaired) electrons. The first-order chi connectivity index (χ1) is 30.2. The van der Waals surface area contributed by atoms with Gasteiger partial charge in [-0.2, -0.15) is 0 Å². The third-order valence-corrected chi connectivity index (χ3v) is 10.8. The van der Waals surface area contributed by atoms with Crippen LogP contribution in [0.3, 0.4) is 0 Å². The van der Waals surface area contributed by atoms with Crippen LogP contribution in [0.1, 0.15) is 103 Å². The van der Waals surface area contributed by atoms with Crippen LogP contribution < -0.4 is 37.6 Å². The lowest BCUT2D eigenvalue weighted by Crippen LogP contribution is -2.61. The summed E-state index contributed by atoms with van der Waals surface area (Å²) in [4.78, 5) is 115. The van der Waals surface area contributed by atoms with Gasteiger partial charge >= 0.3 is 17.9 Å². The van der Waals surface area contributed by atoms with E-state index in [0.717, 1.165) is 29.2 Å². The van der Waals surface area contributed by atoms with E-state index in [-0.39, 0.29) is 25.3 Å². The van der Waals surface area contributed by atoms with Gasteiger partial charge in [-0.25, -0.2) is 4.79 Å². The molecule has 12 N–H and O–H groups in total. The van der Waals surface area contributed by atoms with Crippen molar-refractivity contribution >= 4 is 53.4 Å². The van der Waals surface area contributed by atoms with E-state index >= 15 is 0 Å². The van der Waals surface area contributed by atoms with Crippen molar-refractivity contribution in [1.29, 1.82) is 0 Å². The van der Waals surface area contributed by atoms with E-state index in [1.807, 2.05) is 48.5 Å². The van der Waals surface area contributed by atoms with Crippen molar-refractivity contribution in [2.24, 2.45) is 11.7 Å². The number of aliphatic hydroxyl groups excluding tert-OH is 1. The molecule has 20 heteroatoms. The zero-order valence-corrected chi connectivity index (χ0v) is 36.4. The monoisotopic (exact) mass is 895 g/mol. The normalized spacial score (nSPS) is 15.1. The van der Waals surface area contributed by atoms with Gasteiger partial charge in [0.2, 0.25) is 35.4 Å². The highest BCUT2D eigenvalue weighted by Crippen LogP contribution is 2.46. The fourth-order valence-electron chi connectivity index (χ4n) is 7.32. The maximum Gasteiger partial charge on any atom is 0.326 e. The predicted octanol–water partition coefficient (Wildman–Crippen LogP) is 0.488. The van der Waals surface area contributed by atoms with Gasteiger partial charge in [0.1, 0.15) is 36.3 Å². The highest BCUT2D eigenvalue weighted by molar-refractivity contribution is 5.97. The molecule has 2 aromatic carbocycles. The molecule has 20 nitrogen and oxygen atoms in total. The summed E-state index contributed by atoms with van der Waals surface area (Å²) in [5, 5.41) is 53.2. The van der Waals surface area contributed by atoms with Crippen molar-refractivity contribution in [3.05, 3.63) is 59.7 Å². The van der Waals surface area contributed by atoms with E-state index in [0.29, 0.717) is 19.3 Å². The summed E-state index contributed by atoms with van der Waals surface area (Å²) in [6, 6.07) is 7.01. The summed E-state index contributed by atoms with van der Waals surface area (Å²) in [6.07, 6.45) is -2.57. The van der Waals surface area contributed by atoms with Gasteiger partial charge in [-0.3, -0.25) is 38.4 Å². The minimum absolute atomic E-state index is 0.0233. The molecule has 64 heavy (non-hydrogen) atoms. The van der Waals surface area contributed by atoms with Crippen LogP contribution in [0.25, 0.3) is 11.1 Å². The number of nitrogens with one attached hydrogen (secondary N) is 6. The molecule has 0 aliphatic heterocycles. The number of carbonyl (C=O) groups is 9. The highest BCUT2D eigenvalue weighted by Gasteiger charge is 2.36. The van der Waals surface area contributed by atoms with Crippen LogP contribution in [0.5, 0.6) is 0 Å². The fourth-order valence-corrected chi connectivity index (χ4v) is 7.32. The van der Waals surface area contributed by atoms with Gasteiger partial charge in [-0.15, -0.1) is 0 Å². The summed E-state index contributed by atoms with van der Waals surface area (Å²) in [6.45, 7) is 5.83. The molecule has 7 atom stereocenters. The number of fused-ring (bicyclic) bond motifs is 3. The number of carboxylic acids is 3. The Hall–Kier alpha value is -6.41. The topological polar surface area (TPSA) is 333 Å². The van der Waals surface area contributed by atoms with E-state index in [2.05, 4.69) is 31.9 Å². The second-order valence-electron chi connectivity index (χ2n) is 16.2. The number of carboxylic acid groups (broad SMARTS) is 3. The number of aliphatic carboxylic acids is 3. The van der Waals surface area contributed by atoms with Crippen LogP contribution in [0.2, 0.25) is 0 Å². The number of unbranched alkanes of at least 4 members (excludes halogenated alkanes) is 1. The summed E-state index contributed by atoms with van der Waals surface area (Å²) in [7, 11) is 0. The van der Waals surface area contributed by atoms with E-state index in [9.17, 15) is 63.6 Å². The van der Waals surface area contributed by atoms with Gasteiger partial charge < -0.3 is 58.1 Å².